The van der Waals surface area contributed by atoms with Gasteiger partial charge in [-0.1, -0.05) is 24.6 Å². The highest BCUT2D eigenvalue weighted by Gasteiger charge is 2.33. The number of hydrogen-bond donors (Lipinski definition) is 2. The van der Waals surface area contributed by atoms with E-state index in [9.17, 15) is 18.0 Å². The van der Waals surface area contributed by atoms with Gasteiger partial charge in [-0.05, 0) is 68.5 Å². The molecule has 1 saturated heterocycles. The average Bonchev–Trinajstić information content (AvgIpc) is 2.81. The van der Waals surface area contributed by atoms with E-state index in [1.54, 1.807) is 24.3 Å². The summed E-state index contributed by atoms with van der Waals surface area (Å²) in [5.41, 5.74) is 2.37. The van der Waals surface area contributed by atoms with E-state index in [0.717, 1.165) is 24.0 Å². The van der Waals surface area contributed by atoms with E-state index in [-0.39, 0.29) is 17.5 Å². The maximum Gasteiger partial charge on any atom is 0.313 e. The van der Waals surface area contributed by atoms with Crippen LogP contribution in [0.15, 0.2) is 47.4 Å². The summed E-state index contributed by atoms with van der Waals surface area (Å²) in [7, 11) is -2.14. The molecule has 1 heterocycles. The van der Waals surface area contributed by atoms with Gasteiger partial charge in [0.05, 0.1) is 12.0 Å². The molecule has 3 rings (SSSR count). The van der Waals surface area contributed by atoms with Gasteiger partial charge < -0.3 is 15.4 Å². The summed E-state index contributed by atoms with van der Waals surface area (Å²) in [5.74, 6) is -0.886. The van der Waals surface area contributed by atoms with E-state index in [1.807, 2.05) is 32.0 Å². The van der Waals surface area contributed by atoms with E-state index in [0.29, 0.717) is 30.8 Å². The standard InChI is InChI=1S/C24H31N3O5S/c1-17-7-6-8-18(2)22(17)26-24(29)23(28)25-15-14-19-9-4-5-16-27(19)33(30,31)21-12-10-20(32-3)11-13-21/h6-8,10-13,19H,4-5,9,14-16H2,1-3H3,(H,25,28)(H,26,29)/t19-/m0/s1. The molecule has 0 aliphatic carbocycles. The Kier molecular flexibility index (Phi) is 8.10. The number of aryl methyl sites for hydroxylation is 2. The van der Waals surface area contributed by atoms with Crippen molar-refractivity contribution in [3.05, 3.63) is 53.6 Å². The Morgan fingerprint density at radius 3 is 2.33 bits per heavy atom. The van der Waals surface area contributed by atoms with E-state index < -0.39 is 21.8 Å². The van der Waals surface area contributed by atoms with Crippen molar-refractivity contribution >= 4 is 27.5 Å². The SMILES string of the molecule is COc1ccc(S(=O)(=O)N2CCCC[C@H]2CCNC(=O)C(=O)Nc2c(C)cccc2C)cc1. The summed E-state index contributed by atoms with van der Waals surface area (Å²) >= 11 is 0. The molecule has 2 aromatic carbocycles. The highest BCUT2D eigenvalue weighted by atomic mass is 32.2. The number of amides is 2. The minimum atomic E-state index is -3.67. The van der Waals surface area contributed by atoms with Crippen LogP contribution in [0.4, 0.5) is 5.69 Å². The Morgan fingerprint density at radius 1 is 1.03 bits per heavy atom. The molecule has 178 valence electrons. The summed E-state index contributed by atoms with van der Waals surface area (Å²) in [5, 5.41) is 5.29. The largest absolute Gasteiger partial charge is 0.497 e. The molecule has 0 unspecified atom stereocenters. The van der Waals surface area contributed by atoms with Crippen LogP contribution in [0.3, 0.4) is 0 Å². The van der Waals surface area contributed by atoms with Crippen LogP contribution in [0.5, 0.6) is 5.75 Å². The third-order valence-electron chi connectivity index (χ3n) is 5.93. The molecule has 0 radical (unpaired) electrons. The molecule has 9 heteroatoms. The van der Waals surface area contributed by atoms with Crippen molar-refractivity contribution in [1.82, 2.24) is 9.62 Å². The van der Waals surface area contributed by atoms with Crippen molar-refractivity contribution in [2.45, 2.75) is 50.5 Å². The van der Waals surface area contributed by atoms with Gasteiger partial charge >= 0.3 is 11.8 Å². The van der Waals surface area contributed by atoms with Gasteiger partial charge in [-0.3, -0.25) is 9.59 Å². The number of sulfonamides is 1. The van der Waals surface area contributed by atoms with Crippen molar-refractivity contribution in [3.8, 4) is 5.75 Å². The lowest BCUT2D eigenvalue weighted by atomic mass is 10.0. The van der Waals surface area contributed by atoms with Crippen LogP contribution in [0, 0.1) is 13.8 Å². The van der Waals surface area contributed by atoms with Crippen LogP contribution in [0.1, 0.15) is 36.8 Å². The molecular formula is C24H31N3O5S. The van der Waals surface area contributed by atoms with Crippen molar-refractivity contribution in [2.24, 2.45) is 0 Å². The lowest BCUT2D eigenvalue weighted by Crippen LogP contribution is -2.45. The van der Waals surface area contributed by atoms with Crippen molar-refractivity contribution < 1.29 is 22.7 Å². The van der Waals surface area contributed by atoms with Gasteiger partial charge in [0.1, 0.15) is 5.75 Å². The Bertz CT molecular complexity index is 1080. The highest BCUT2D eigenvalue weighted by Crippen LogP contribution is 2.28. The maximum atomic E-state index is 13.2. The number of nitrogens with zero attached hydrogens (tertiary/aromatic N) is 1. The Hall–Kier alpha value is -2.91. The second-order valence-corrected chi connectivity index (χ2v) is 10.1. The number of piperidine rings is 1. The fraction of sp³-hybridized carbons (Fsp3) is 0.417. The van der Waals surface area contributed by atoms with E-state index in [4.69, 9.17) is 4.74 Å². The van der Waals surface area contributed by atoms with Gasteiger partial charge in [0.15, 0.2) is 0 Å². The zero-order valence-electron chi connectivity index (χ0n) is 19.3. The van der Waals surface area contributed by atoms with Crippen molar-refractivity contribution in [3.63, 3.8) is 0 Å². The van der Waals surface area contributed by atoms with Gasteiger partial charge in [-0.25, -0.2) is 8.42 Å². The van der Waals surface area contributed by atoms with Gasteiger partial charge in [0, 0.05) is 24.8 Å². The Morgan fingerprint density at radius 2 is 1.70 bits per heavy atom. The van der Waals surface area contributed by atoms with Gasteiger partial charge in [-0.15, -0.1) is 0 Å². The minimum Gasteiger partial charge on any atom is -0.497 e. The molecule has 8 nitrogen and oxygen atoms in total. The Balaban J connectivity index is 1.59. The number of carbonyl (C=O) groups excluding carboxylic acids is 2. The van der Waals surface area contributed by atoms with Crippen LogP contribution in [-0.2, 0) is 19.6 Å². The molecule has 2 amide bonds. The number of nitrogens with one attached hydrogen (secondary N) is 2. The number of para-hydroxylation sites is 1. The lowest BCUT2D eigenvalue weighted by molar-refractivity contribution is -0.136. The number of benzene rings is 2. The summed E-state index contributed by atoms with van der Waals surface area (Å²) in [6, 6.07) is 11.7. The van der Waals surface area contributed by atoms with Crippen LogP contribution < -0.4 is 15.4 Å². The second-order valence-electron chi connectivity index (χ2n) is 8.21. The first-order valence-corrected chi connectivity index (χ1v) is 12.5. The predicted octanol–water partition coefficient (Wildman–Crippen LogP) is 3.00. The molecular weight excluding hydrogens is 442 g/mol. The smallest absolute Gasteiger partial charge is 0.313 e. The first kappa shape index (κ1) is 24.7. The normalized spacial score (nSPS) is 16.8. The fourth-order valence-corrected chi connectivity index (χ4v) is 5.80. The van der Waals surface area contributed by atoms with Crippen LogP contribution in [0.25, 0.3) is 0 Å². The monoisotopic (exact) mass is 473 g/mol. The minimum absolute atomic E-state index is 0.207. The molecule has 33 heavy (non-hydrogen) atoms. The molecule has 2 N–H and O–H groups in total. The maximum absolute atomic E-state index is 13.2. The summed E-state index contributed by atoms with van der Waals surface area (Å²) in [6.45, 7) is 4.36. The number of hydrogen-bond acceptors (Lipinski definition) is 5. The van der Waals surface area contributed by atoms with Crippen LogP contribution in [0.2, 0.25) is 0 Å². The molecule has 0 saturated carbocycles. The molecule has 0 aromatic heterocycles. The summed E-state index contributed by atoms with van der Waals surface area (Å²) in [6.07, 6.45) is 2.84. The Labute approximate surface area is 195 Å². The molecule has 1 fully saturated rings. The summed E-state index contributed by atoms with van der Waals surface area (Å²) in [4.78, 5) is 24.8. The third-order valence-corrected chi connectivity index (χ3v) is 7.89. The third kappa shape index (κ3) is 5.91. The van der Waals surface area contributed by atoms with Crippen molar-refractivity contribution in [2.75, 3.05) is 25.5 Å². The lowest BCUT2D eigenvalue weighted by Gasteiger charge is -2.34. The molecule has 2 aromatic rings. The molecule has 1 aliphatic rings. The molecule has 0 spiro atoms. The summed E-state index contributed by atoms with van der Waals surface area (Å²) < 4.78 is 33.0. The number of ether oxygens (including phenoxy) is 1. The van der Waals surface area contributed by atoms with E-state index >= 15 is 0 Å². The quantitative estimate of drug-likeness (QED) is 0.602. The zero-order chi connectivity index (χ0) is 24.0. The number of methoxy groups -OCH3 is 1. The number of carbonyl (C=O) groups is 2. The number of anilines is 1. The molecule has 1 aliphatic heterocycles. The van der Waals surface area contributed by atoms with Gasteiger partial charge in [0.2, 0.25) is 10.0 Å². The van der Waals surface area contributed by atoms with Crippen molar-refractivity contribution in [1.29, 1.82) is 0 Å². The number of rotatable bonds is 7. The van der Waals surface area contributed by atoms with Gasteiger partial charge in [0.25, 0.3) is 0 Å². The van der Waals surface area contributed by atoms with E-state index in [2.05, 4.69) is 10.6 Å². The second kappa shape index (κ2) is 10.8. The van der Waals surface area contributed by atoms with Gasteiger partial charge in [-0.2, -0.15) is 4.31 Å². The first-order chi connectivity index (χ1) is 15.7. The van der Waals surface area contributed by atoms with E-state index in [1.165, 1.54) is 11.4 Å². The van der Waals surface area contributed by atoms with Crippen LogP contribution >= 0.6 is 0 Å². The molecule has 0 bridgehead atoms. The molecule has 1 atom stereocenters. The predicted molar refractivity (Wildman–Crippen MR) is 127 cm³/mol. The zero-order valence-corrected chi connectivity index (χ0v) is 20.1. The fourth-order valence-electron chi connectivity index (χ4n) is 4.08. The highest BCUT2D eigenvalue weighted by molar-refractivity contribution is 7.89. The topological polar surface area (TPSA) is 105 Å². The van der Waals surface area contributed by atoms with Crippen LogP contribution in [-0.4, -0.2) is 50.8 Å². The average molecular weight is 474 g/mol. The first-order valence-electron chi connectivity index (χ1n) is 11.1.